The lowest BCUT2D eigenvalue weighted by atomic mass is 9.46. The third kappa shape index (κ3) is 6.67. The lowest BCUT2D eigenvalue weighted by Gasteiger charge is -2.64. The van der Waals surface area contributed by atoms with Gasteiger partial charge in [0.1, 0.15) is 35.1 Å². The minimum atomic E-state index is -1.09. The third-order valence-corrected chi connectivity index (χ3v) is 9.20. The fourth-order valence-corrected chi connectivity index (χ4v) is 7.35. The standard InChI is InChI=1S/C27H33NO7.C3H6O2.C2H4O/c1-14-17-11-21(32-5)27(4)24(26(17,3)9-8-18(14)33-15(2)29)23(30)22-20(35-27)12-19(34-25(22)31)16-7-6-10-28-13-16;1-3(4)5-2;1-2-3/h6-7,10,12-14,17-18,21,23-24,30H,8-9,11H2,1-5H3;1-2H3;2H,1H3. The maximum absolute atomic E-state index is 13.2. The molecule has 0 saturated heterocycles. The molecule has 11 heteroatoms. The highest BCUT2D eigenvalue weighted by Crippen LogP contribution is 2.64. The van der Waals surface area contributed by atoms with Crippen molar-refractivity contribution >= 4 is 18.2 Å². The highest BCUT2D eigenvalue weighted by Gasteiger charge is 2.67. The Bertz CT molecular complexity index is 1340. The SMILES string of the molecule is CC=O.COC(C)=O.COC1CC2C(C)C(OC(C)=O)CCC2(C)C2C(O)c3c(cc(-c4cccnc4)oc3=O)OC12C. The van der Waals surface area contributed by atoms with Crippen molar-refractivity contribution in [3.05, 3.63) is 46.6 Å². The average molecular weight is 602 g/mol. The molecule has 0 spiro atoms. The second-order valence-electron chi connectivity index (χ2n) is 11.7. The molecule has 2 aromatic heterocycles. The zero-order chi connectivity index (χ0) is 32.1. The van der Waals surface area contributed by atoms with Gasteiger partial charge in [0.05, 0.1) is 19.3 Å². The van der Waals surface area contributed by atoms with Gasteiger partial charge >= 0.3 is 17.6 Å². The first-order valence-corrected chi connectivity index (χ1v) is 14.4. The molecule has 3 heterocycles. The Morgan fingerprint density at radius 2 is 1.84 bits per heavy atom. The molecule has 0 bridgehead atoms. The van der Waals surface area contributed by atoms with E-state index in [-0.39, 0.29) is 47.0 Å². The summed E-state index contributed by atoms with van der Waals surface area (Å²) in [4.78, 5) is 47.4. The molecule has 43 heavy (non-hydrogen) atoms. The van der Waals surface area contributed by atoms with Gasteiger partial charge in [-0.05, 0) is 62.5 Å². The van der Waals surface area contributed by atoms with Gasteiger partial charge in [-0.2, -0.15) is 0 Å². The first-order chi connectivity index (χ1) is 20.3. The molecule has 1 aliphatic heterocycles. The molecule has 5 rings (SSSR count). The number of aldehydes is 1. The summed E-state index contributed by atoms with van der Waals surface area (Å²) in [6, 6.07) is 5.23. The minimum absolute atomic E-state index is 0.0674. The zero-order valence-electron chi connectivity index (χ0n) is 26.1. The van der Waals surface area contributed by atoms with Gasteiger partial charge in [0.25, 0.3) is 0 Å². The Hall–Kier alpha value is -3.57. The number of aromatic nitrogens is 1. The second-order valence-corrected chi connectivity index (χ2v) is 11.7. The van der Waals surface area contributed by atoms with Gasteiger partial charge in [-0.1, -0.05) is 13.8 Å². The lowest BCUT2D eigenvalue weighted by Crippen LogP contribution is -2.68. The normalized spacial score (nSPS) is 31.9. The van der Waals surface area contributed by atoms with Crippen molar-refractivity contribution in [1.82, 2.24) is 4.98 Å². The molecule has 8 atom stereocenters. The molecular weight excluding hydrogens is 558 g/mol. The summed E-state index contributed by atoms with van der Waals surface area (Å²) in [6.07, 6.45) is 4.50. The van der Waals surface area contributed by atoms with Crippen LogP contribution in [0.5, 0.6) is 5.75 Å². The molecule has 0 amide bonds. The third-order valence-electron chi connectivity index (χ3n) is 9.20. The number of fused-ring (bicyclic) bond motifs is 4. The van der Waals surface area contributed by atoms with Crippen molar-refractivity contribution < 1.29 is 42.9 Å². The van der Waals surface area contributed by atoms with E-state index in [1.165, 1.54) is 27.9 Å². The number of aliphatic hydroxyl groups excluding tert-OH is 1. The summed E-state index contributed by atoms with van der Waals surface area (Å²) in [6.45, 7) is 10.5. The smallest absolute Gasteiger partial charge is 0.345 e. The fraction of sp³-hybridized carbons (Fsp3) is 0.594. The van der Waals surface area contributed by atoms with Crippen LogP contribution in [0.25, 0.3) is 11.3 Å². The number of pyridine rings is 1. The Balaban J connectivity index is 0.000000566. The van der Waals surface area contributed by atoms with Crippen LogP contribution in [-0.4, -0.2) is 60.3 Å². The number of aliphatic hydroxyl groups is 1. The molecule has 11 nitrogen and oxygen atoms in total. The van der Waals surface area contributed by atoms with Crippen LogP contribution < -0.4 is 10.4 Å². The van der Waals surface area contributed by atoms with Gasteiger partial charge in [-0.25, -0.2) is 4.79 Å². The van der Waals surface area contributed by atoms with E-state index in [1.54, 1.807) is 37.7 Å². The molecule has 2 saturated carbocycles. The fourth-order valence-electron chi connectivity index (χ4n) is 7.35. The lowest BCUT2D eigenvalue weighted by molar-refractivity contribution is -0.249. The monoisotopic (exact) mass is 601 g/mol. The maximum Gasteiger partial charge on any atom is 0.345 e. The van der Waals surface area contributed by atoms with Crippen molar-refractivity contribution in [2.45, 2.75) is 84.7 Å². The number of nitrogens with zero attached hydrogens (tertiary/aromatic N) is 1. The first kappa shape index (κ1) is 33.9. The van der Waals surface area contributed by atoms with Gasteiger partial charge in [-0.15, -0.1) is 0 Å². The van der Waals surface area contributed by atoms with E-state index in [2.05, 4.69) is 23.6 Å². The number of carbonyl (C=O) groups is 3. The Morgan fingerprint density at radius 3 is 2.37 bits per heavy atom. The molecule has 2 aliphatic carbocycles. The van der Waals surface area contributed by atoms with E-state index in [9.17, 15) is 19.5 Å². The molecular formula is C32H43NO10. The van der Waals surface area contributed by atoms with Crippen LogP contribution in [-0.2, 0) is 28.6 Å². The Labute approximate surface area is 251 Å². The van der Waals surface area contributed by atoms with E-state index in [0.717, 1.165) is 12.7 Å². The van der Waals surface area contributed by atoms with Crippen LogP contribution in [0.2, 0.25) is 0 Å². The van der Waals surface area contributed by atoms with E-state index in [0.29, 0.717) is 29.9 Å². The number of esters is 2. The van der Waals surface area contributed by atoms with Crippen molar-refractivity contribution in [3.63, 3.8) is 0 Å². The molecule has 0 radical (unpaired) electrons. The number of carbonyl (C=O) groups excluding carboxylic acids is 3. The summed E-state index contributed by atoms with van der Waals surface area (Å²) in [7, 11) is 3.00. The second kappa shape index (κ2) is 13.8. The average Bonchev–Trinajstić information content (AvgIpc) is 2.95. The first-order valence-electron chi connectivity index (χ1n) is 14.4. The van der Waals surface area contributed by atoms with Crippen LogP contribution in [0.15, 0.2) is 39.8 Å². The molecule has 8 unspecified atom stereocenters. The van der Waals surface area contributed by atoms with E-state index in [4.69, 9.17) is 23.4 Å². The molecule has 3 aliphatic rings. The molecule has 2 fully saturated rings. The van der Waals surface area contributed by atoms with Crippen LogP contribution in [0.3, 0.4) is 0 Å². The number of methoxy groups -OCH3 is 2. The number of ether oxygens (including phenoxy) is 4. The van der Waals surface area contributed by atoms with Crippen molar-refractivity contribution in [2.24, 2.45) is 23.2 Å². The predicted molar refractivity (Wildman–Crippen MR) is 156 cm³/mol. The van der Waals surface area contributed by atoms with E-state index in [1.807, 2.05) is 6.92 Å². The van der Waals surface area contributed by atoms with Gasteiger partial charge < -0.3 is 33.3 Å². The van der Waals surface area contributed by atoms with E-state index >= 15 is 0 Å². The quantitative estimate of drug-likeness (QED) is 0.396. The number of rotatable bonds is 3. The molecule has 0 aromatic carbocycles. The molecule has 2 aromatic rings. The summed E-state index contributed by atoms with van der Waals surface area (Å²) < 4.78 is 28.0. The zero-order valence-corrected chi connectivity index (χ0v) is 26.1. The topological polar surface area (TPSA) is 151 Å². The maximum atomic E-state index is 13.2. The molecule has 1 N–H and O–H groups in total. The van der Waals surface area contributed by atoms with Gasteiger partial charge in [0.2, 0.25) is 0 Å². The summed E-state index contributed by atoms with van der Waals surface area (Å²) >= 11 is 0. The Morgan fingerprint density at radius 1 is 1.19 bits per heavy atom. The highest BCUT2D eigenvalue weighted by atomic mass is 16.6. The van der Waals surface area contributed by atoms with Gasteiger partial charge in [0.15, 0.2) is 0 Å². The summed E-state index contributed by atoms with van der Waals surface area (Å²) in [5.74, 6) is -0.129. The summed E-state index contributed by atoms with van der Waals surface area (Å²) in [5, 5.41) is 11.8. The van der Waals surface area contributed by atoms with Crippen LogP contribution >= 0.6 is 0 Å². The predicted octanol–water partition coefficient (Wildman–Crippen LogP) is 4.29. The van der Waals surface area contributed by atoms with Crippen LogP contribution in [0.1, 0.15) is 72.5 Å². The highest BCUT2D eigenvalue weighted by molar-refractivity contribution is 5.66. The number of hydrogen-bond donors (Lipinski definition) is 1. The minimum Gasteiger partial charge on any atom is -0.484 e. The van der Waals surface area contributed by atoms with Gasteiger partial charge in [0, 0.05) is 50.9 Å². The van der Waals surface area contributed by atoms with Crippen molar-refractivity contribution in [2.75, 3.05) is 14.2 Å². The van der Waals surface area contributed by atoms with Crippen LogP contribution in [0.4, 0.5) is 0 Å². The van der Waals surface area contributed by atoms with Crippen molar-refractivity contribution in [1.29, 1.82) is 0 Å². The Kier molecular flexibility index (Phi) is 10.9. The number of hydrogen-bond acceptors (Lipinski definition) is 11. The largest absolute Gasteiger partial charge is 0.484 e. The molecule has 236 valence electrons. The van der Waals surface area contributed by atoms with Gasteiger partial charge in [-0.3, -0.25) is 14.6 Å². The van der Waals surface area contributed by atoms with Crippen LogP contribution in [0, 0.1) is 23.2 Å². The van der Waals surface area contributed by atoms with Crippen molar-refractivity contribution in [3.8, 4) is 17.1 Å². The summed E-state index contributed by atoms with van der Waals surface area (Å²) in [5.41, 5.74) is -1.07. The van der Waals surface area contributed by atoms with E-state index < -0.39 is 23.2 Å².